The summed E-state index contributed by atoms with van der Waals surface area (Å²) in [5.74, 6) is 0.242. The molecular formula is C23H28ClN3O2. The highest BCUT2D eigenvalue weighted by Gasteiger charge is 2.25. The molecule has 29 heavy (non-hydrogen) atoms. The van der Waals surface area contributed by atoms with Crippen LogP contribution in [0.3, 0.4) is 0 Å². The molecular weight excluding hydrogens is 386 g/mol. The van der Waals surface area contributed by atoms with Gasteiger partial charge in [-0.3, -0.25) is 9.59 Å². The number of rotatable bonds is 6. The SMILES string of the molecule is CCC(CC)C(=O)N1CCN(c2ccc(NC(=O)c3cccc(Cl)c3)cc2)CC1. The van der Waals surface area contributed by atoms with Crippen LogP contribution in [0.4, 0.5) is 11.4 Å². The minimum Gasteiger partial charge on any atom is -0.368 e. The summed E-state index contributed by atoms with van der Waals surface area (Å²) in [6.45, 7) is 7.30. The van der Waals surface area contributed by atoms with Crippen LogP contribution in [0, 0.1) is 5.92 Å². The van der Waals surface area contributed by atoms with Gasteiger partial charge in [0.25, 0.3) is 5.91 Å². The first-order valence-corrected chi connectivity index (χ1v) is 10.6. The van der Waals surface area contributed by atoms with Crippen LogP contribution >= 0.6 is 11.6 Å². The molecule has 2 amide bonds. The van der Waals surface area contributed by atoms with E-state index in [0.717, 1.165) is 50.4 Å². The molecule has 1 heterocycles. The Morgan fingerprint density at radius 1 is 1.00 bits per heavy atom. The van der Waals surface area contributed by atoms with Gasteiger partial charge in [-0.1, -0.05) is 31.5 Å². The Bertz CT molecular complexity index is 841. The topological polar surface area (TPSA) is 52.7 Å². The first kappa shape index (κ1) is 21.2. The molecule has 5 nitrogen and oxygen atoms in total. The number of hydrogen-bond acceptors (Lipinski definition) is 3. The van der Waals surface area contributed by atoms with Gasteiger partial charge in [0.1, 0.15) is 0 Å². The van der Waals surface area contributed by atoms with E-state index in [1.54, 1.807) is 24.3 Å². The third-order valence-corrected chi connectivity index (χ3v) is 5.74. The summed E-state index contributed by atoms with van der Waals surface area (Å²) < 4.78 is 0. The van der Waals surface area contributed by atoms with Gasteiger partial charge in [0, 0.05) is 54.1 Å². The highest BCUT2D eigenvalue weighted by Crippen LogP contribution is 2.22. The number of nitrogens with zero attached hydrogens (tertiary/aromatic N) is 2. The van der Waals surface area contributed by atoms with Crippen molar-refractivity contribution in [1.29, 1.82) is 0 Å². The number of halogens is 1. The van der Waals surface area contributed by atoms with Crippen LogP contribution in [0.2, 0.25) is 5.02 Å². The predicted molar refractivity (Wildman–Crippen MR) is 119 cm³/mol. The van der Waals surface area contributed by atoms with Crippen molar-refractivity contribution in [3.8, 4) is 0 Å². The molecule has 0 radical (unpaired) electrons. The van der Waals surface area contributed by atoms with Gasteiger partial charge in [0.15, 0.2) is 0 Å². The predicted octanol–water partition coefficient (Wildman–Crippen LogP) is 4.68. The van der Waals surface area contributed by atoms with E-state index in [9.17, 15) is 9.59 Å². The smallest absolute Gasteiger partial charge is 0.255 e. The van der Waals surface area contributed by atoms with Crippen molar-refractivity contribution in [2.75, 3.05) is 36.4 Å². The second-order valence-corrected chi connectivity index (χ2v) is 7.77. The molecule has 6 heteroatoms. The van der Waals surface area contributed by atoms with Crippen LogP contribution in [-0.2, 0) is 4.79 Å². The number of carbonyl (C=O) groups excluding carboxylic acids is 2. The second-order valence-electron chi connectivity index (χ2n) is 7.34. The highest BCUT2D eigenvalue weighted by molar-refractivity contribution is 6.31. The summed E-state index contributed by atoms with van der Waals surface area (Å²) in [4.78, 5) is 29.2. The van der Waals surface area contributed by atoms with Gasteiger partial charge in [0.2, 0.25) is 5.91 Å². The molecule has 2 aromatic carbocycles. The van der Waals surface area contributed by atoms with E-state index in [1.165, 1.54) is 0 Å². The van der Waals surface area contributed by atoms with E-state index in [4.69, 9.17) is 11.6 Å². The lowest BCUT2D eigenvalue weighted by atomic mass is 10.0. The zero-order chi connectivity index (χ0) is 20.8. The summed E-state index contributed by atoms with van der Waals surface area (Å²) in [6.07, 6.45) is 1.80. The van der Waals surface area contributed by atoms with E-state index >= 15 is 0 Å². The Kier molecular flexibility index (Phi) is 7.15. The normalized spacial score (nSPS) is 14.2. The maximum atomic E-state index is 12.5. The summed E-state index contributed by atoms with van der Waals surface area (Å²) in [7, 11) is 0. The fraction of sp³-hybridized carbons (Fsp3) is 0.391. The fourth-order valence-electron chi connectivity index (χ4n) is 3.67. The monoisotopic (exact) mass is 413 g/mol. The van der Waals surface area contributed by atoms with Gasteiger partial charge in [-0.15, -0.1) is 0 Å². The zero-order valence-electron chi connectivity index (χ0n) is 17.0. The van der Waals surface area contributed by atoms with Crippen molar-refractivity contribution in [3.63, 3.8) is 0 Å². The van der Waals surface area contributed by atoms with Crippen LogP contribution in [0.15, 0.2) is 48.5 Å². The Morgan fingerprint density at radius 2 is 1.66 bits per heavy atom. The average Bonchev–Trinajstić information content (AvgIpc) is 2.75. The lowest BCUT2D eigenvalue weighted by molar-refractivity contribution is -0.136. The number of amides is 2. The molecule has 1 fully saturated rings. The van der Waals surface area contributed by atoms with E-state index in [0.29, 0.717) is 10.6 Å². The lowest BCUT2D eigenvalue weighted by Gasteiger charge is -2.37. The van der Waals surface area contributed by atoms with Crippen LogP contribution in [0.25, 0.3) is 0 Å². The third kappa shape index (κ3) is 5.30. The molecule has 0 saturated carbocycles. The lowest BCUT2D eigenvalue weighted by Crippen LogP contribution is -2.50. The summed E-state index contributed by atoms with van der Waals surface area (Å²) in [5, 5.41) is 3.43. The molecule has 1 saturated heterocycles. The number of nitrogens with one attached hydrogen (secondary N) is 1. The van der Waals surface area contributed by atoms with Crippen LogP contribution in [-0.4, -0.2) is 42.9 Å². The minimum atomic E-state index is -0.186. The number of piperazine rings is 1. The number of hydrogen-bond donors (Lipinski definition) is 1. The molecule has 3 rings (SSSR count). The van der Waals surface area contributed by atoms with Crippen LogP contribution < -0.4 is 10.2 Å². The van der Waals surface area contributed by atoms with Crippen LogP contribution in [0.1, 0.15) is 37.0 Å². The molecule has 154 valence electrons. The quantitative estimate of drug-likeness (QED) is 0.748. The zero-order valence-corrected chi connectivity index (χ0v) is 17.8. The van der Waals surface area contributed by atoms with Crippen molar-refractivity contribution in [1.82, 2.24) is 4.90 Å². The van der Waals surface area contributed by atoms with Gasteiger partial charge < -0.3 is 15.1 Å². The summed E-state index contributed by atoms with van der Waals surface area (Å²) in [6, 6.07) is 14.7. The number of carbonyl (C=O) groups is 2. The Morgan fingerprint density at radius 3 is 2.24 bits per heavy atom. The van der Waals surface area contributed by atoms with E-state index in [2.05, 4.69) is 24.1 Å². The molecule has 0 aromatic heterocycles. The number of anilines is 2. The minimum absolute atomic E-state index is 0.143. The molecule has 1 N–H and O–H groups in total. The number of benzene rings is 2. The first-order valence-electron chi connectivity index (χ1n) is 10.2. The average molecular weight is 414 g/mol. The molecule has 0 spiro atoms. The molecule has 0 aliphatic carbocycles. The molecule has 2 aromatic rings. The van der Waals surface area contributed by atoms with Gasteiger partial charge in [-0.05, 0) is 55.3 Å². The van der Waals surface area contributed by atoms with Gasteiger partial charge in [-0.2, -0.15) is 0 Å². The fourth-order valence-corrected chi connectivity index (χ4v) is 3.86. The van der Waals surface area contributed by atoms with Crippen molar-refractivity contribution in [2.24, 2.45) is 5.92 Å². The van der Waals surface area contributed by atoms with Crippen molar-refractivity contribution < 1.29 is 9.59 Å². The molecule has 0 bridgehead atoms. The van der Waals surface area contributed by atoms with Gasteiger partial charge >= 0.3 is 0 Å². The van der Waals surface area contributed by atoms with E-state index < -0.39 is 0 Å². The Hall–Kier alpha value is -2.53. The largest absolute Gasteiger partial charge is 0.368 e. The maximum absolute atomic E-state index is 12.5. The molecule has 0 atom stereocenters. The Balaban J connectivity index is 1.56. The summed E-state index contributed by atoms with van der Waals surface area (Å²) >= 11 is 5.95. The molecule has 1 aliphatic heterocycles. The van der Waals surface area contributed by atoms with Crippen LogP contribution in [0.5, 0.6) is 0 Å². The highest BCUT2D eigenvalue weighted by atomic mass is 35.5. The third-order valence-electron chi connectivity index (χ3n) is 5.50. The first-order chi connectivity index (χ1) is 14.0. The standard InChI is InChI=1S/C23H28ClN3O2/c1-3-17(4-2)23(29)27-14-12-26(13-15-27)21-10-8-20(9-11-21)25-22(28)18-6-5-7-19(24)16-18/h5-11,16-17H,3-4,12-15H2,1-2H3,(H,25,28). The van der Waals surface area contributed by atoms with Crippen molar-refractivity contribution >= 4 is 34.8 Å². The maximum Gasteiger partial charge on any atom is 0.255 e. The molecule has 1 aliphatic rings. The van der Waals surface area contributed by atoms with Crippen molar-refractivity contribution in [2.45, 2.75) is 26.7 Å². The summed E-state index contributed by atoms with van der Waals surface area (Å²) in [5.41, 5.74) is 2.36. The molecule has 0 unspecified atom stereocenters. The van der Waals surface area contributed by atoms with Gasteiger partial charge in [0.05, 0.1) is 0 Å². The van der Waals surface area contributed by atoms with E-state index in [1.807, 2.05) is 29.2 Å². The van der Waals surface area contributed by atoms with Crippen molar-refractivity contribution in [3.05, 3.63) is 59.1 Å². The van der Waals surface area contributed by atoms with Gasteiger partial charge in [-0.25, -0.2) is 0 Å². The second kappa shape index (κ2) is 9.79. The Labute approximate surface area is 177 Å². The van der Waals surface area contributed by atoms with E-state index in [-0.39, 0.29) is 17.7 Å².